The van der Waals surface area contributed by atoms with Crippen LogP contribution in [0.25, 0.3) is 0 Å². The van der Waals surface area contributed by atoms with Gasteiger partial charge in [-0.05, 0) is 30.2 Å². The Kier molecular flexibility index (Phi) is 5.94. The van der Waals surface area contributed by atoms with E-state index in [1.54, 1.807) is 0 Å². The lowest BCUT2D eigenvalue weighted by atomic mass is 10.2. The van der Waals surface area contributed by atoms with Crippen molar-refractivity contribution >= 4 is 21.7 Å². The molecule has 0 atom stereocenters. The lowest BCUT2D eigenvalue weighted by molar-refractivity contribution is 0.0697. The zero-order valence-corrected chi connectivity index (χ0v) is 14.1. The predicted molar refractivity (Wildman–Crippen MR) is 92.6 cm³/mol. The number of rotatable bonds is 8. The van der Waals surface area contributed by atoms with Crippen molar-refractivity contribution in [2.75, 3.05) is 11.9 Å². The summed E-state index contributed by atoms with van der Waals surface area (Å²) in [6.07, 6.45) is 0.831. The summed E-state index contributed by atoms with van der Waals surface area (Å²) in [7, 11) is -3.79. The second-order valence-electron chi connectivity index (χ2n) is 5.25. The Balaban J connectivity index is 2.23. The second kappa shape index (κ2) is 7.94. The summed E-state index contributed by atoms with van der Waals surface area (Å²) in [4.78, 5) is 11.3. The number of hydrogen-bond donors (Lipinski definition) is 3. The van der Waals surface area contributed by atoms with Crippen molar-refractivity contribution in [1.29, 1.82) is 0 Å². The molecule has 0 saturated heterocycles. The van der Waals surface area contributed by atoms with Gasteiger partial charge >= 0.3 is 5.97 Å². The molecule has 2 aromatic carbocycles. The summed E-state index contributed by atoms with van der Waals surface area (Å²) in [5.74, 6) is -1.17. The summed E-state index contributed by atoms with van der Waals surface area (Å²) in [6.45, 7) is 2.71. The molecule has 0 amide bonds. The molecule has 0 aliphatic carbocycles. The average molecular weight is 348 g/mol. The van der Waals surface area contributed by atoms with Gasteiger partial charge in [0.15, 0.2) is 0 Å². The van der Waals surface area contributed by atoms with Crippen molar-refractivity contribution in [3.05, 3.63) is 59.7 Å². The maximum absolute atomic E-state index is 12.4. The Hall–Kier alpha value is -2.38. The van der Waals surface area contributed by atoms with Crippen LogP contribution < -0.4 is 10.0 Å². The number of carboxylic acids is 1. The minimum Gasteiger partial charge on any atom is -0.478 e. The number of aromatic carboxylic acids is 1. The molecule has 0 fully saturated rings. The maximum atomic E-state index is 12.4. The Morgan fingerprint density at radius 2 is 1.83 bits per heavy atom. The molecule has 0 saturated carbocycles. The molecule has 24 heavy (non-hydrogen) atoms. The fourth-order valence-corrected chi connectivity index (χ4v) is 3.18. The Morgan fingerprint density at radius 1 is 1.12 bits per heavy atom. The van der Waals surface area contributed by atoms with Crippen LogP contribution in [0.4, 0.5) is 5.69 Å². The van der Waals surface area contributed by atoms with E-state index in [-0.39, 0.29) is 17.0 Å². The molecule has 6 nitrogen and oxygen atoms in total. The molecule has 0 unspecified atom stereocenters. The third-order valence-corrected chi connectivity index (χ3v) is 4.81. The van der Waals surface area contributed by atoms with Crippen molar-refractivity contribution in [3.63, 3.8) is 0 Å². The first-order chi connectivity index (χ1) is 11.4. The fourth-order valence-electron chi connectivity index (χ4n) is 2.14. The lowest BCUT2D eigenvalue weighted by Crippen LogP contribution is -2.23. The zero-order valence-electron chi connectivity index (χ0n) is 13.3. The Morgan fingerprint density at radius 3 is 2.46 bits per heavy atom. The quantitative estimate of drug-likeness (QED) is 0.682. The van der Waals surface area contributed by atoms with Crippen LogP contribution in [0.5, 0.6) is 0 Å². The number of benzene rings is 2. The number of sulfonamides is 1. The van der Waals surface area contributed by atoms with Crippen molar-refractivity contribution in [2.45, 2.75) is 24.8 Å². The van der Waals surface area contributed by atoms with E-state index in [0.717, 1.165) is 12.0 Å². The van der Waals surface area contributed by atoms with Gasteiger partial charge in [0.25, 0.3) is 0 Å². The first-order valence-corrected chi connectivity index (χ1v) is 9.07. The normalized spacial score (nSPS) is 11.2. The van der Waals surface area contributed by atoms with E-state index >= 15 is 0 Å². The van der Waals surface area contributed by atoms with Gasteiger partial charge in [0, 0.05) is 18.8 Å². The molecule has 7 heteroatoms. The molecule has 128 valence electrons. The van der Waals surface area contributed by atoms with Gasteiger partial charge in [-0.2, -0.15) is 0 Å². The van der Waals surface area contributed by atoms with E-state index < -0.39 is 16.0 Å². The number of nitrogens with one attached hydrogen (secondary N) is 2. The lowest BCUT2D eigenvalue weighted by Gasteiger charge is -2.12. The third-order valence-electron chi connectivity index (χ3n) is 3.41. The molecule has 0 aliphatic heterocycles. The van der Waals surface area contributed by atoms with Crippen LogP contribution in [0, 0.1) is 0 Å². The summed E-state index contributed by atoms with van der Waals surface area (Å²) in [5.41, 5.74) is 1.16. The highest BCUT2D eigenvalue weighted by atomic mass is 32.2. The number of carbonyl (C=O) groups is 1. The van der Waals surface area contributed by atoms with Crippen molar-refractivity contribution in [3.8, 4) is 0 Å². The van der Waals surface area contributed by atoms with Gasteiger partial charge in [0.1, 0.15) is 0 Å². The second-order valence-corrected chi connectivity index (χ2v) is 7.02. The van der Waals surface area contributed by atoms with E-state index in [1.807, 2.05) is 37.3 Å². The van der Waals surface area contributed by atoms with Crippen LogP contribution in [0.15, 0.2) is 53.4 Å². The predicted octanol–water partition coefficient (Wildman–Crippen LogP) is 2.69. The van der Waals surface area contributed by atoms with Crippen LogP contribution in [0.1, 0.15) is 29.3 Å². The van der Waals surface area contributed by atoms with Crippen LogP contribution in [-0.4, -0.2) is 26.0 Å². The topological polar surface area (TPSA) is 95.5 Å². The van der Waals surface area contributed by atoms with E-state index in [4.69, 9.17) is 0 Å². The molecule has 0 radical (unpaired) electrons. The average Bonchev–Trinajstić information content (AvgIpc) is 2.59. The molecule has 2 aromatic rings. The molecular weight excluding hydrogens is 328 g/mol. The fraction of sp³-hybridized carbons (Fsp3) is 0.235. The Bertz CT molecular complexity index is 805. The Labute approximate surface area is 141 Å². The first kappa shape index (κ1) is 18.0. The maximum Gasteiger partial charge on any atom is 0.337 e. The van der Waals surface area contributed by atoms with Crippen LogP contribution in [0.2, 0.25) is 0 Å². The van der Waals surface area contributed by atoms with Crippen molar-refractivity contribution < 1.29 is 18.3 Å². The molecule has 0 aliphatic rings. The minimum atomic E-state index is -3.79. The van der Waals surface area contributed by atoms with Gasteiger partial charge in [-0.15, -0.1) is 0 Å². The van der Waals surface area contributed by atoms with E-state index in [1.165, 1.54) is 18.2 Å². The molecule has 0 heterocycles. The standard InChI is InChI=1S/C17H20N2O4S/c1-2-10-18-16-9-8-14(11-15(16)17(20)21)24(22,23)19-12-13-6-4-3-5-7-13/h3-9,11,18-19H,2,10,12H2,1H3,(H,20,21). The molecule has 0 spiro atoms. The van der Waals surface area contributed by atoms with Gasteiger partial charge in [0.2, 0.25) is 10.0 Å². The van der Waals surface area contributed by atoms with Gasteiger partial charge in [-0.25, -0.2) is 17.9 Å². The molecule has 0 bridgehead atoms. The van der Waals surface area contributed by atoms with Gasteiger partial charge < -0.3 is 10.4 Å². The van der Waals surface area contributed by atoms with Crippen molar-refractivity contribution in [2.24, 2.45) is 0 Å². The highest BCUT2D eigenvalue weighted by molar-refractivity contribution is 7.89. The zero-order chi connectivity index (χ0) is 17.6. The summed E-state index contributed by atoms with van der Waals surface area (Å²) >= 11 is 0. The van der Waals surface area contributed by atoms with Crippen LogP contribution >= 0.6 is 0 Å². The van der Waals surface area contributed by atoms with E-state index in [2.05, 4.69) is 10.0 Å². The summed E-state index contributed by atoms with van der Waals surface area (Å²) in [5, 5.41) is 12.3. The number of anilines is 1. The minimum absolute atomic E-state index is 0.0639. The van der Waals surface area contributed by atoms with E-state index in [9.17, 15) is 18.3 Å². The molecular formula is C17H20N2O4S. The summed E-state index contributed by atoms with van der Waals surface area (Å²) < 4.78 is 27.2. The number of hydrogen-bond acceptors (Lipinski definition) is 4. The van der Waals surface area contributed by atoms with Crippen LogP contribution in [0.3, 0.4) is 0 Å². The molecule has 3 N–H and O–H groups in total. The molecule has 0 aromatic heterocycles. The highest BCUT2D eigenvalue weighted by Gasteiger charge is 2.18. The third kappa shape index (κ3) is 4.56. The smallest absolute Gasteiger partial charge is 0.337 e. The van der Waals surface area contributed by atoms with Gasteiger partial charge in [-0.1, -0.05) is 37.3 Å². The van der Waals surface area contributed by atoms with Gasteiger partial charge in [0.05, 0.1) is 10.5 Å². The number of carboxylic acid groups (broad SMARTS) is 1. The van der Waals surface area contributed by atoms with Gasteiger partial charge in [-0.3, -0.25) is 0 Å². The summed E-state index contributed by atoms with van der Waals surface area (Å²) in [6, 6.07) is 13.2. The largest absolute Gasteiger partial charge is 0.478 e. The molecule has 2 rings (SSSR count). The highest BCUT2D eigenvalue weighted by Crippen LogP contribution is 2.21. The SMILES string of the molecule is CCCNc1ccc(S(=O)(=O)NCc2ccccc2)cc1C(=O)O. The van der Waals surface area contributed by atoms with Crippen LogP contribution in [-0.2, 0) is 16.6 Å². The van der Waals surface area contributed by atoms with Crippen molar-refractivity contribution in [1.82, 2.24) is 4.72 Å². The monoisotopic (exact) mass is 348 g/mol. The first-order valence-electron chi connectivity index (χ1n) is 7.59. The van der Waals surface area contributed by atoms with E-state index in [0.29, 0.717) is 12.2 Å².